The Kier molecular flexibility index (Phi) is 5.02. The molecule has 0 saturated carbocycles. The van der Waals surface area contributed by atoms with Crippen LogP contribution in [0.4, 0.5) is 0 Å². The molecule has 1 spiro atoms. The van der Waals surface area contributed by atoms with Crippen LogP contribution in [0.15, 0.2) is 36.5 Å². The lowest BCUT2D eigenvalue weighted by atomic mass is 9.79. The van der Waals surface area contributed by atoms with Crippen LogP contribution in [0.5, 0.6) is 0 Å². The van der Waals surface area contributed by atoms with Gasteiger partial charge in [0.1, 0.15) is 11.3 Å². The number of amides is 1. The normalized spacial score (nSPS) is 20.8. The van der Waals surface area contributed by atoms with E-state index < -0.39 is 0 Å². The van der Waals surface area contributed by atoms with Crippen LogP contribution in [0.1, 0.15) is 34.7 Å². The van der Waals surface area contributed by atoms with Crippen molar-refractivity contribution in [1.29, 1.82) is 0 Å². The van der Waals surface area contributed by atoms with Crippen LogP contribution >= 0.6 is 0 Å². The SMILES string of the molecule is Cc1cccc(COCC[C@H]2CCOC23CN(C(=O)c2cccn2C)C3)n1. The largest absolute Gasteiger partial charge is 0.375 e. The van der Waals surface area contributed by atoms with Crippen LogP contribution in [0.3, 0.4) is 0 Å². The van der Waals surface area contributed by atoms with Gasteiger partial charge >= 0.3 is 0 Å². The lowest BCUT2D eigenvalue weighted by Gasteiger charge is -2.50. The van der Waals surface area contributed by atoms with E-state index in [0.29, 0.717) is 32.2 Å². The lowest BCUT2D eigenvalue weighted by molar-refractivity contribution is -0.121. The molecule has 6 nitrogen and oxygen atoms in total. The molecule has 2 aliphatic rings. The molecule has 0 radical (unpaired) electrons. The zero-order valence-electron chi connectivity index (χ0n) is 16.1. The highest BCUT2D eigenvalue weighted by molar-refractivity contribution is 5.93. The fourth-order valence-electron chi connectivity index (χ4n) is 4.21. The van der Waals surface area contributed by atoms with Gasteiger partial charge in [-0.2, -0.15) is 0 Å². The highest BCUT2D eigenvalue weighted by atomic mass is 16.5. The number of hydrogen-bond acceptors (Lipinski definition) is 4. The van der Waals surface area contributed by atoms with E-state index in [-0.39, 0.29) is 11.5 Å². The Morgan fingerprint density at radius 2 is 2.19 bits per heavy atom. The number of likely N-dealkylation sites (tertiary alicyclic amines) is 1. The monoisotopic (exact) mass is 369 g/mol. The molecular formula is C21H27N3O3. The summed E-state index contributed by atoms with van der Waals surface area (Å²) in [6.45, 7) is 5.36. The van der Waals surface area contributed by atoms with Gasteiger partial charge in [-0.3, -0.25) is 9.78 Å². The molecule has 0 N–H and O–H groups in total. The molecule has 0 bridgehead atoms. The van der Waals surface area contributed by atoms with E-state index in [9.17, 15) is 4.79 Å². The Morgan fingerprint density at radius 1 is 1.33 bits per heavy atom. The molecule has 0 unspecified atom stereocenters. The maximum absolute atomic E-state index is 12.6. The maximum atomic E-state index is 12.6. The quantitative estimate of drug-likeness (QED) is 0.735. The second-order valence-corrected chi connectivity index (χ2v) is 7.68. The van der Waals surface area contributed by atoms with Crippen molar-refractivity contribution in [3.8, 4) is 0 Å². The Hall–Kier alpha value is -2.18. The van der Waals surface area contributed by atoms with Crippen LogP contribution in [0.2, 0.25) is 0 Å². The zero-order chi connectivity index (χ0) is 18.9. The summed E-state index contributed by atoms with van der Waals surface area (Å²) in [5.74, 6) is 0.532. The summed E-state index contributed by atoms with van der Waals surface area (Å²) in [6, 6.07) is 9.76. The molecular weight excluding hydrogens is 342 g/mol. The molecule has 2 fully saturated rings. The number of ether oxygens (including phenoxy) is 2. The molecule has 2 aliphatic heterocycles. The molecule has 6 heteroatoms. The third-order valence-electron chi connectivity index (χ3n) is 5.77. The van der Waals surface area contributed by atoms with Crippen molar-refractivity contribution in [3.05, 3.63) is 53.6 Å². The Labute approximate surface area is 160 Å². The van der Waals surface area contributed by atoms with E-state index in [1.165, 1.54) is 0 Å². The number of hydrogen-bond donors (Lipinski definition) is 0. The Balaban J connectivity index is 1.26. The van der Waals surface area contributed by atoms with Gasteiger partial charge in [0, 0.05) is 32.2 Å². The van der Waals surface area contributed by atoms with Crippen molar-refractivity contribution in [2.45, 2.75) is 32.0 Å². The van der Waals surface area contributed by atoms with Crippen molar-refractivity contribution in [1.82, 2.24) is 14.5 Å². The van der Waals surface area contributed by atoms with Gasteiger partial charge in [0.25, 0.3) is 5.91 Å². The highest BCUT2D eigenvalue weighted by Crippen LogP contribution is 2.42. The minimum absolute atomic E-state index is 0.0872. The molecule has 2 saturated heterocycles. The van der Waals surface area contributed by atoms with Crippen LogP contribution in [0, 0.1) is 12.8 Å². The molecule has 0 aromatic carbocycles. The van der Waals surface area contributed by atoms with Crippen molar-refractivity contribution in [2.24, 2.45) is 13.0 Å². The average Bonchev–Trinajstić information content (AvgIpc) is 3.23. The van der Waals surface area contributed by atoms with Gasteiger partial charge in [-0.15, -0.1) is 0 Å². The van der Waals surface area contributed by atoms with Gasteiger partial charge in [-0.1, -0.05) is 6.07 Å². The predicted molar refractivity (Wildman–Crippen MR) is 101 cm³/mol. The topological polar surface area (TPSA) is 56.6 Å². The molecule has 4 rings (SSSR count). The summed E-state index contributed by atoms with van der Waals surface area (Å²) in [5, 5.41) is 0. The third-order valence-corrected chi connectivity index (χ3v) is 5.77. The molecule has 2 aromatic rings. The van der Waals surface area contributed by atoms with E-state index >= 15 is 0 Å². The van der Waals surface area contributed by atoms with Gasteiger partial charge in [0.2, 0.25) is 0 Å². The van der Waals surface area contributed by atoms with E-state index in [4.69, 9.17) is 9.47 Å². The first-order valence-corrected chi connectivity index (χ1v) is 9.62. The van der Waals surface area contributed by atoms with Crippen molar-refractivity contribution in [2.75, 3.05) is 26.3 Å². The number of aryl methyl sites for hydroxylation is 2. The van der Waals surface area contributed by atoms with Gasteiger partial charge in [0.05, 0.1) is 25.4 Å². The van der Waals surface area contributed by atoms with E-state index in [1.807, 2.05) is 60.0 Å². The fraction of sp³-hybridized carbons (Fsp3) is 0.524. The van der Waals surface area contributed by atoms with Crippen LogP contribution < -0.4 is 0 Å². The van der Waals surface area contributed by atoms with Gasteiger partial charge in [-0.05, 0) is 49.9 Å². The first-order chi connectivity index (χ1) is 13.1. The standard InChI is InChI=1S/C21H27N3O3/c1-16-5-3-6-18(22-16)13-26-11-8-17-9-12-27-21(17)14-24(15-21)20(25)19-7-4-10-23(19)2/h3-7,10,17H,8-9,11-15H2,1-2H3/t17-/m0/s1. The fourth-order valence-corrected chi connectivity index (χ4v) is 4.21. The predicted octanol–water partition coefficient (Wildman–Crippen LogP) is 2.57. The first-order valence-electron chi connectivity index (χ1n) is 9.62. The summed E-state index contributed by atoms with van der Waals surface area (Å²) in [5.41, 5.74) is 2.53. The van der Waals surface area contributed by atoms with E-state index in [0.717, 1.165) is 36.5 Å². The third kappa shape index (κ3) is 3.64. The molecule has 144 valence electrons. The average molecular weight is 369 g/mol. The minimum Gasteiger partial charge on any atom is -0.375 e. The molecule has 0 aliphatic carbocycles. The Morgan fingerprint density at radius 3 is 2.93 bits per heavy atom. The molecule has 1 atom stereocenters. The van der Waals surface area contributed by atoms with Crippen LogP contribution in [-0.4, -0.2) is 52.3 Å². The van der Waals surface area contributed by atoms with Crippen molar-refractivity contribution in [3.63, 3.8) is 0 Å². The highest BCUT2D eigenvalue weighted by Gasteiger charge is 2.54. The lowest BCUT2D eigenvalue weighted by Crippen LogP contribution is -2.66. The van der Waals surface area contributed by atoms with Crippen LogP contribution in [0.25, 0.3) is 0 Å². The summed E-state index contributed by atoms with van der Waals surface area (Å²) >= 11 is 0. The first kappa shape index (κ1) is 18.2. The number of rotatable bonds is 6. The number of carbonyl (C=O) groups excluding carboxylic acids is 1. The number of pyridine rings is 1. The second kappa shape index (κ2) is 7.44. The summed E-state index contributed by atoms with van der Waals surface area (Å²) < 4.78 is 13.8. The smallest absolute Gasteiger partial charge is 0.270 e. The Bertz CT molecular complexity index is 811. The summed E-state index contributed by atoms with van der Waals surface area (Å²) in [7, 11) is 1.90. The second-order valence-electron chi connectivity index (χ2n) is 7.68. The molecule has 1 amide bonds. The van der Waals surface area contributed by atoms with Gasteiger partial charge in [-0.25, -0.2) is 0 Å². The number of nitrogens with zero attached hydrogens (tertiary/aromatic N) is 3. The maximum Gasteiger partial charge on any atom is 0.270 e. The number of aromatic nitrogens is 2. The van der Waals surface area contributed by atoms with E-state index in [2.05, 4.69) is 4.98 Å². The van der Waals surface area contributed by atoms with E-state index in [1.54, 1.807) is 0 Å². The molecule has 27 heavy (non-hydrogen) atoms. The van der Waals surface area contributed by atoms with Crippen molar-refractivity contribution < 1.29 is 14.3 Å². The van der Waals surface area contributed by atoms with Gasteiger partial charge in [0.15, 0.2) is 0 Å². The zero-order valence-corrected chi connectivity index (χ0v) is 16.1. The molecule has 2 aromatic heterocycles. The van der Waals surface area contributed by atoms with Gasteiger partial charge < -0.3 is 18.9 Å². The summed E-state index contributed by atoms with van der Waals surface area (Å²) in [6.07, 6.45) is 3.90. The molecule has 4 heterocycles. The van der Waals surface area contributed by atoms with Crippen LogP contribution in [-0.2, 0) is 23.1 Å². The minimum atomic E-state index is -0.175. The number of carbonyl (C=O) groups is 1. The summed E-state index contributed by atoms with van der Waals surface area (Å²) in [4.78, 5) is 19.0. The van der Waals surface area contributed by atoms with Crippen molar-refractivity contribution >= 4 is 5.91 Å².